The number of esters is 1. The van der Waals surface area contributed by atoms with Crippen molar-refractivity contribution in [2.75, 3.05) is 13.2 Å². The highest BCUT2D eigenvalue weighted by molar-refractivity contribution is 5.81. The standard InChI is InChI=1S/C21H28N2O4/c1-15(2)17-8-7-16(3)11-18(17)26-13-20(25)27-12-19(24)23-21(14-22)9-5-4-6-10-21/h7-8,11,15H,4-6,9-10,12-13H2,1-3H3,(H,23,24). The Labute approximate surface area is 160 Å². The third-order valence-corrected chi connectivity index (χ3v) is 4.80. The Hall–Kier alpha value is -2.55. The van der Waals surface area contributed by atoms with Gasteiger partial charge >= 0.3 is 5.97 Å². The van der Waals surface area contributed by atoms with Crippen molar-refractivity contribution in [1.29, 1.82) is 5.26 Å². The van der Waals surface area contributed by atoms with Crippen LogP contribution in [-0.4, -0.2) is 30.6 Å². The summed E-state index contributed by atoms with van der Waals surface area (Å²) in [5.74, 6) is -0.154. The van der Waals surface area contributed by atoms with Crippen LogP contribution in [0.4, 0.5) is 0 Å². The summed E-state index contributed by atoms with van der Waals surface area (Å²) >= 11 is 0. The minimum absolute atomic E-state index is 0.264. The molecule has 0 spiro atoms. The lowest BCUT2D eigenvalue weighted by Crippen LogP contribution is -2.50. The number of carbonyl (C=O) groups excluding carboxylic acids is 2. The number of amides is 1. The van der Waals surface area contributed by atoms with Crippen LogP contribution < -0.4 is 10.1 Å². The van der Waals surface area contributed by atoms with Crippen LogP contribution in [0.2, 0.25) is 0 Å². The van der Waals surface area contributed by atoms with E-state index in [1.54, 1.807) is 0 Å². The molecule has 6 heteroatoms. The third kappa shape index (κ3) is 5.99. The van der Waals surface area contributed by atoms with Gasteiger partial charge < -0.3 is 14.8 Å². The van der Waals surface area contributed by atoms with Crippen molar-refractivity contribution in [3.63, 3.8) is 0 Å². The first-order chi connectivity index (χ1) is 12.8. The van der Waals surface area contributed by atoms with E-state index in [1.165, 1.54) is 0 Å². The summed E-state index contributed by atoms with van der Waals surface area (Å²) in [6, 6.07) is 8.08. The molecular weight excluding hydrogens is 344 g/mol. The summed E-state index contributed by atoms with van der Waals surface area (Å²) in [5.41, 5.74) is 1.22. The largest absolute Gasteiger partial charge is 0.482 e. The zero-order valence-electron chi connectivity index (χ0n) is 16.3. The van der Waals surface area contributed by atoms with Gasteiger partial charge in [-0.25, -0.2) is 4.79 Å². The maximum absolute atomic E-state index is 12.1. The number of aryl methyl sites for hydroxylation is 1. The fourth-order valence-electron chi connectivity index (χ4n) is 3.29. The summed E-state index contributed by atoms with van der Waals surface area (Å²) in [7, 11) is 0. The van der Waals surface area contributed by atoms with Gasteiger partial charge in [0.1, 0.15) is 11.3 Å². The van der Waals surface area contributed by atoms with Crippen LogP contribution in [0.25, 0.3) is 0 Å². The molecule has 1 aromatic rings. The molecule has 27 heavy (non-hydrogen) atoms. The lowest BCUT2D eigenvalue weighted by molar-refractivity contribution is -0.150. The van der Waals surface area contributed by atoms with E-state index >= 15 is 0 Å². The molecule has 1 saturated carbocycles. The molecule has 2 rings (SSSR count). The minimum atomic E-state index is -0.827. The lowest BCUT2D eigenvalue weighted by atomic mass is 9.83. The molecule has 6 nitrogen and oxygen atoms in total. The first-order valence-corrected chi connectivity index (χ1v) is 9.46. The molecule has 0 bridgehead atoms. The molecule has 0 aliphatic heterocycles. The Kier molecular flexibility index (Phi) is 7.23. The van der Waals surface area contributed by atoms with Crippen molar-refractivity contribution in [3.8, 4) is 11.8 Å². The fourth-order valence-corrected chi connectivity index (χ4v) is 3.29. The van der Waals surface area contributed by atoms with Crippen molar-refractivity contribution in [1.82, 2.24) is 5.32 Å². The highest BCUT2D eigenvalue weighted by Gasteiger charge is 2.33. The molecule has 1 aliphatic rings. The number of ether oxygens (including phenoxy) is 2. The highest BCUT2D eigenvalue weighted by Crippen LogP contribution is 2.28. The number of nitrogens with one attached hydrogen (secondary N) is 1. The van der Waals surface area contributed by atoms with Crippen LogP contribution in [0.15, 0.2) is 18.2 Å². The summed E-state index contributed by atoms with van der Waals surface area (Å²) in [6.07, 6.45) is 4.17. The average Bonchev–Trinajstić information content (AvgIpc) is 2.65. The topological polar surface area (TPSA) is 88.4 Å². The van der Waals surface area contributed by atoms with Crippen LogP contribution in [0.5, 0.6) is 5.75 Å². The van der Waals surface area contributed by atoms with Gasteiger partial charge in [0.15, 0.2) is 13.2 Å². The third-order valence-electron chi connectivity index (χ3n) is 4.80. The van der Waals surface area contributed by atoms with Gasteiger partial charge in [0.05, 0.1) is 6.07 Å². The smallest absolute Gasteiger partial charge is 0.344 e. The van der Waals surface area contributed by atoms with Crippen molar-refractivity contribution < 1.29 is 19.1 Å². The maximum Gasteiger partial charge on any atom is 0.344 e. The second-order valence-electron chi connectivity index (χ2n) is 7.45. The summed E-state index contributed by atoms with van der Waals surface area (Å²) in [5, 5.41) is 12.1. The number of benzene rings is 1. The number of rotatable bonds is 7. The van der Waals surface area contributed by atoms with Gasteiger partial charge in [0.2, 0.25) is 0 Å². The van der Waals surface area contributed by atoms with Crippen molar-refractivity contribution >= 4 is 11.9 Å². The molecule has 0 saturated heterocycles. The molecule has 1 amide bonds. The Bertz CT molecular complexity index is 715. The molecule has 1 aliphatic carbocycles. The van der Waals surface area contributed by atoms with E-state index in [0.29, 0.717) is 18.6 Å². The molecular formula is C21H28N2O4. The molecule has 1 N–H and O–H groups in total. The van der Waals surface area contributed by atoms with Crippen molar-refractivity contribution in [3.05, 3.63) is 29.3 Å². The normalized spacial score (nSPS) is 15.7. The Balaban J connectivity index is 1.82. The molecule has 146 valence electrons. The molecule has 0 unspecified atom stereocenters. The predicted octanol–water partition coefficient (Wildman–Crippen LogP) is 3.38. The molecule has 1 fully saturated rings. The second kappa shape index (κ2) is 9.40. The average molecular weight is 372 g/mol. The Morgan fingerprint density at radius 3 is 2.56 bits per heavy atom. The number of hydrogen-bond acceptors (Lipinski definition) is 5. The van der Waals surface area contributed by atoms with Crippen LogP contribution in [-0.2, 0) is 14.3 Å². The van der Waals surface area contributed by atoms with Gasteiger partial charge in [-0.15, -0.1) is 0 Å². The Morgan fingerprint density at radius 2 is 1.93 bits per heavy atom. The van der Waals surface area contributed by atoms with E-state index in [-0.39, 0.29) is 12.5 Å². The number of nitriles is 1. The first-order valence-electron chi connectivity index (χ1n) is 9.46. The van der Waals surface area contributed by atoms with Crippen molar-refractivity contribution in [2.24, 2.45) is 0 Å². The van der Waals surface area contributed by atoms with Crippen LogP contribution >= 0.6 is 0 Å². The molecule has 0 radical (unpaired) electrons. The fraction of sp³-hybridized carbons (Fsp3) is 0.571. The van der Waals surface area contributed by atoms with Gasteiger partial charge in [-0.3, -0.25) is 4.79 Å². The second-order valence-corrected chi connectivity index (χ2v) is 7.45. The first kappa shape index (κ1) is 20.8. The van der Waals surface area contributed by atoms with Gasteiger partial charge in [0.25, 0.3) is 5.91 Å². The predicted molar refractivity (Wildman–Crippen MR) is 101 cm³/mol. The SMILES string of the molecule is Cc1ccc(C(C)C)c(OCC(=O)OCC(=O)NC2(C#N)CCCCC2)c1. The number of nitrogens with zero attached hydrogens (tertiary/aromatic N) is 1. The van der Waals surface area contributed by atoms with Crippen LogP contribution in [0.3, 0.4) is 0 Å². The number of hydrogen-bond donors (Lipinski definition) is 1. The maximum atomic E-state index is 12.1. The van der Waals surface area contributed by atoms with E-state index in [9.17, 15) is 14.9 Å². The zero-order chi connectivity index (χ0) is 19.9. The van der Waals surface area contributed by atoms with Gasteiger partial charge in [0, 0.05) is 0 Å². The molecule has 0 atom stereocenters. The van der Waals surface area contributed by atoms with Crippen LogP contribution in [0, 0.1) is 18.3 Å². The monoisotopic (exact) mass is 372 g/mol. The van der Waals surface area contributed by atoms with E-state index in [4.69, 9.17) is 9.47 Å². The van der Waals surface area contributed by atoms with E-state index in [0.717, 1.165) is 30.4 Å². The zero-order valence-corrected chi connectivity index (χ0v) is 16.3. The number of carbonyl (C=O) groups is 2. The Morgan fingerprint density at radius 1 is 1.22 bits per heavy atom. The van der Waals surface area contributed by atoms with Crippen LogP contribution in [0.1, 0.15) is 63.0 Å². The molecule has 0 heterocycles. The quantitative estimate of drug-likeness (QED) is 0.741. The van der Waals surface area contributed by atoms with E-state index < -0.39 is 24.0 Å². The van der Waals surface area contributed by atoms with Crippen molar-refractivity contribution in [2.45, 2.75) is 64.3 Å². The minimum Gasteiger partial charge on any atom is -0.482 e. The van der Waals surface area contributed by atoms with E-state index in [1.807, 2.05) is 25.1 Å². The van der Waals surface area contributed by atoms with Gasteiger partial charge in [-0.05, 0) is 42.9 Å². The van der Waals surface area contributed by atoms with Gasteiger partial charge in [-0.1, -0.05) is 45.2 Å². The molecule has 1 aromatic carbocycles. The lowest BCUT2D eigenvalue weighted by Gasteiger charge is -2.31. The summed E-state index contributed by atoms with van der Waals surface area (Å²) in [4.78, 5) is 24.0. The summed E-state index contributed by atoms with van der Waals surface area (Å²) < 4.78 is 10.6. The van der Waals surface area contributed by atoms with E-state index in [2.05, 4.69) is 25.2 Å². The van der Waals surface area contributed by atoms with Gasteiger partial charge in [-0.2, -0.15) is 5.26 Å². The highest BCUT2D eigenvalue weighted by atomic mass is 16.6. The molecule has 0 aromatic heterocycles. The summed E-state index contributed by atoms with van der Waals surface area (Å²) in [6.45, 7) is 5.39.